The number of hydrogen-bond acceptors (Lipinski definition) is 4. The van der Waals surface area contributed by atoms with Crippen LogP contribution in [0.2, 0.25) is 0 Å². The Morgan fingerprint density at radius 1 is 0.655 bits per heavy atom. The Labute approximate surface area is 165 Å². The van der Waals surface area contributed by atoms with E-state index in [-0.39, 0.29) is 11.8 Å². The molecule has 0 radical (unpaired) electrons. The van der Waals surface area contributed by atoms with Crippen LogP contribution in [-0.2, 0) is 0 Å². The number of carbonyl (C=O) groups excluding carboxylic acids is 2. The van der Waals surface area contributed by atoms with Crippen LogP contribution < -0.4 is 4.90 Å². The standard InChI is InChI=1S/C24H13N3O2/c28-23-17-8-1-5-14-6-2-9-18(20(14)17)24(29)27(23)19-13-15-7-3-11-25-21(15)22-16(19)10-4-12-26-22/h1-13H. The molecular weight excluding hydrogens is 362 g/mol. The Hall–Kier alpha value is -4.12. The van der Waals surface area contributed by atoms with Crippen molar-refractivity contribution in [2.24, 2.45) is 0 Å². The van der Waals surface area contributed by atoms with Gasteiger partial charge in [0, 0.05) is 39.7 Å². The summed E-state index contributed by atoms with van der Waals surface area (Å²) in [6.07, 6.45) is 3.40. The third-order valence-corrected chi connectivity index (χ3v) is 5.45. The van der Waals surface area contributed by atoms with Crippen LogP contribution in [0.3, 0.4) is 0 Å². The van der Waals surface area contributed by atoms with Gasteiger partial charge < -0.3 is 0 Å². The summed E-state index contributed by atoms with van der Waals surface area (Å²) in [5.41, 5.74) is 2.99. The Bertz CT molecular complexity index is 1460. The lowest BCUT2D eigenvalue weighted by Crippen LogP contribution is -2.40. The number of nitrogens with zero attached hydrogens (tertiary/aromatic N) is 3. The van der Waals surface area contributed by atoms with Gasteiger partial charge in [0.1, 0.15) is 0 Å². The summed E-state index contributed by atoms with van der Waals surface area (Å²) >= 11 is 0. The fourth-order valence-corrected chi connectivity index (χ4v) is 4.19. The van der Waals surface area contributed by atoms with Crippen molar-refractivity contribution in [3.8, 4) is 0 Å². The molecule has 0 spiro atoms. The molecule has 0 atom stereocenters. The topological polar surface area (TPSA) is 63.2 Å². The molecule has 2 amide bonds. The molecular formula is C24H13N3O2. The highest BCUT2D eigenvalue weighted by atomic mass is 16.2. The molecule has 136 valence electrons. The zero-order valence-electron chi connectivity index (χ0n) is 15.2. The van der Waals surface area contributed by atoms with Crippen molar-refractivity contribution in [3.63, 3.8) is 0 Å². The predicted octanol–water partition coefficient (Wildman–Crippen LogP) is 4.74. The lowest BCUT2D eigenvalue weighted by molar-refractivity contribution is 0.0894. The minimum absolute atomic E-state index is 0.326. The Morgan fingerprint density at radius 2 is 1.28 bits per heavy atom. The van der Waals surface area contributed by atoms with Gasteiger partial charge in [0.25, 0.3) is 11.8 Å². The molecule has 5 nitrogen and oxygen atoms in total. The molecule has 0 N–H and O–H groups in total. The quantitative estimate of drug-likeness (QED) is 0.314. The van der Waals surface area contributed by atoms with E-state index in [1.165, 1.54) is 4.90 Å². The van der Waals surface area contributed by atoms with Crippen LogP contribution in [0.15, 0.2) is 79.1 Å². The molecule has 0 saturated heterocycles. The van der Waals surface area contributed by atoms with Gasteiger partial charge in [-0.3, -0.25) is 19.6 Å². The van der Waals surface area contributed by atoms with E-state index in [0.717, 1.165) is 16.3 Å². The lowest BCUT2D eigenvalue weighted by atomic mass is 9.93. The molecule has 6 rings (SSSR count). The molecule has 0 unspecified atom stereocenters. The van der Waals surface area contributed by atoms with E-state index < -0.39 is 0 Å². The smallest absolute Gasteiger partial charge is 0.266 e. The number of imide groups is 1. The molecule has 0 bridgehead atoms. The zero-order chi connectivity index (χ0) is 19.5. The van der Waals surface area contributed by atoms with Gasteiger partial charge >= 0.3 is 0 Å². The van der Waals surface area contributed by atoms with Gasteiger partial charge in [-0.25, -0.2) is 4.90 Å². The fourth-order valence-electron chi connectivity index (χ4n) is 4.19. The van der Waals surface area contributed by atoms with Gasteiger partial charge in [-0.2, -0.15) is 0 Å². The molecule has 5 heteroatoms. The average molecular weight is 375 g/mol. The van der Waals surface area contributed by atoms with Crippen LogP contribution in [0.4, 0.5) is 5.69 Å². The number of amides is 2. The number of carbonyl (C=O) groups is 2. The maximum atomic E-state index is 13.5. The average Bonchev–Trinajstić information content (AvgIpc) is 2.77. The summed E-state index contributed by atoms with van der Waals surface area (Å²) in [6, 6.07) is 20.3. The number of rotatable bonds is 1. The largest absolute Gasteiger partial charge is 0.268 e. The van der Waals surface area contributed by atoms with Crippen LogP contribution in [-0.4, -0.2) is 21.8 Å². The lowest BCUT2D eigenvalue weighted by Gasteiger charge is -2.28. The number of fused-ring (bicyclic) bond motifs is 3. The van der Waals surface area contributed by atoms with Crippen molar-refractivity contribution in [2.75, 3.05) is 4.90 Å². The molecule has 5 aromatic rings. The van der Waals surface area contributed by atoms with Crippen molar-refractivity contribution in [2.45, 2.75) is 0 Å². The van der Waals surface area contributed by atoms with E-state index in [9.17, 15) is 9.59 Å². The van der Waals surface area contributed by atoms with E-state index in [1.54, 1.807) is 30.6 Å². The summed E-state index contributed by atoms with van der Waals surface area (Å²) in [5, 5.41) is 3.14. The molecule has 3 aromatic carbocycles. The third-order valence-electron chi connectivity index (χ3n) is 5.45. The predicted molar refractivity (Wildman–Crippen MR) is 112 cm³/mol. The maximum Gasteiger partial charge on any atom is 0.266 e. The highest BCUT2D eigenvalue weighted by molar-refractivity contribution is 6.37. The molecule has 1 aliphatic heterocycles. The molecule has 29 heavy (non-hydrogen) atoms. The van der Waals surface area contributed by atoms with Crippen molar-refractivity contribution >= 4 is 50.1 Å². The van der Waals surface area contributed by atoms with E-state index in [0.29, 0.717) is 33.1 Å². The van der Waals surface area contributed by atoms with Crippen LogP contribution in [0, 0.1) is 0 Å². The minimum atomic E-state index is -0.326. The van der Waals surface area contributed by atoms with Gasteiger partial charge in [-0.15, -0.1) is 0 Å². The fraction of sp³-hybridized carbons (Fsp3) is 0. The zero-order valence-corrected chi connectivity index (χ0v) is 15.2. The van der Waals surface area contributed by atoms with Gasteiger partial charge in [0.15, 0.2) is 0 Å². The van der Waals surface area contributed by atoms with Gasteiger partial charge in [0.05, 0.1) is 16.7 Å². The first-order chi connectivity index (χ1) is 14.2. The number of hydrogen-bond donors (Lipinski definition) is 0. The van der Waals surface area contributed by atoms with Gasteiger partial charge in [0.2, 0.25) is 0 Å². The van der Waals surface area contributed by atoms with Crippen LogP contribution in [0.1, 0.15) is 20.7 Å². The Kier molecular flexibility index (Phi) is 3.12. The van der Waals surface area contributed by atoms with E-state index in [4.69, 9.17) is 0 Å². The number of pyridine rings is 2. The first-order valence-corrected chi connectivity index (χ1v) is 9.27. The summed E-state index contributed by atoms with van der Waals surface area (Å²) in [5.74, 6) is -0.652. The summed E-state index contributed by atoms with van der Waals surface area (Å²) in [6.45, 7) is 0. The first kappa shape index (κ1) is 15.9. The maximum absolute atomic E-state index is 13.5. The van der Waals surface area contributed by atoms with Gasteiger partial charge in [-0.05, 0) is 41.8 Å². The van der Waals surface area contributed by atoms with E-state index in [1.807, 2.05) is 48.5 Å². The monoisotopic (exact) mass is 375 g/mol. The first-order valence-electron chi connectivity index (χ1n) is 9.27. The van der Waals surface area contributed by atoms with Crippen molar-refractivity contribution < 1.29 is 9.59 Å². The van der Waals surface area contributed by atoms with Gasteiger partial charge in [-0.1, -0.05) is 30.3 Å². The molecule has 3 heterocycles. The summed E-state index contributed by atoms with van der Waals surface area (Å²) in [7, 11) is 0. The van der Waals surface area contributed by atoms with Crippen molar-refractivity contribution in [1.29, 1.82) is 0 Å². The molecule has 0 aliphatic carbocycles. The number of benzene rings is 3. The highest BCUT2D eigenvalue weighted by Crippen LogP contribution is 2.37. The van der Waals surface area contributed by atoms with Crippen LogP contribution in [0.25, 0.3) is 32.6 Å². The van der Waals surface area contributed by atoms with E-state index in [2.05, 4.69) is 9.97 Å². The van der Waals surface area contributed by atoms with Crippen LogP contribution in [0.5, 0.6) is 0 Å². The second kappa shape index (κ2) is 5.69. The normalized spacial score (nSPS) is 13.6. The SMILES string of the molecule is O=C1c2cccc3cccc(c23)C(=O)N1c1cc2cccnc2c2ncccc12. The summed E-state index contributed by atoms with van der Waals surface area (Å²) in [4.78, 5) is 37.1. The Balaban J connectivity index is 1.70. The van der Waals surface area contributed by atoms with E-state index >= 15 is 0 Å². The second-order valence-corrected chi connectivity index (χ2v) is 7.03. The number of anilines is 1. The summed E-state index contributed by atoms with van der Waals surface area (Å²) < 4.78 is 0. The van der Waals surface area contributed by atoms with Crippen molar-refractivity contribution in [1.82, 2.24) is 9.97 Å². The minimum Gasteiger partial charge on any atom is -0.268 e. The molecule has 1 aliphatic rings. The molecule has 0 saturated carbocycles. The van der Waals surface area contributed by atoms with Crippen molar-refractivity contribution in [3.05, 3.63) is 90.3 Å². The third kappa shape index (κ3) is 2.09. The molecule has 0 fully saturated rings. The molecule has 2 aromatic heterocycles. The van der Waals surface area contributed by atoms with Crippen LogP contribution >= 0.6 is 0 Å². The Morgan fingerprint density at radius 3 is 2.00 bits per heavy atom. The number of aromatic nitrogens is 2. The highest BCUT2D eigenvalue weighted by Gasteiger charge is 2.35. The second-order valence-electron chi connectivity index (χ2n) is 7.03.